The van der Waals surface area contributed by atoms with Gasteiger partial charge in [0.1, 0.15) is 5.69 Å². The topological polar surface area (TPSA) is 98.5 Å². The number of carbonyl (C=O) groups excluding carboxylic acids is 2. The fourth-order valence-electron chi connectivity index (χ4n) is 2.85. The van der Waals surface area contributed by atoms with Gasteiger partial charge in [-0.25, -0.2) is 0 Å². The van der Waals surface area contributed by atoms with Gasteiger partial charge in [-0.15, -0.1) is 0 Å². The standard InChI is InChI=1S/C19H18N2O5/c1-13-7-8-15(16(11-13)21(24)25)20-17(22)12-26-18(23)19(9-10-19)14-5-3-2-4-6-14/h2-8,11H,9-10,12H2,1H3,(H,20,22). The molecule has 1 N–H and O–H groups in total. The summed E-state index contributed by atoms with van der Waals surface area (Å²) in [6, 6.07) is 13.8. The second kappa shape index (κ2) is 6.95. The molecule has 134 valence electrons. The Hall–Kier alpha value is -3.22. The number of amides is 1. The van der Waals surface area contributed by atoms with E-state index in [9.17, 15) is 19.7 Å². The van der Waals surface area contributed by atoms with Crippen LogP contribution in [0.15, 0.2) is 48.5 Å². The van der Waals surface area contributed by atoms with Crippen LogP contribution in [-0.4, -0.2) is 23.4 Å². The molecule has 2 aromatic rings. The van der Waals surface area contributed by atoms with Crippen LogP contribution in [0.25, 0.3) is 0 Å². The van der Waals surface area contributed by atoms with Gasteiger partial charge in [0.2, 0.25) is 0 Å². The van der Waals surface area contributed by atoms with Crippen LogP contribution in [0.2, 0.25) is 0 Å². The maximum absolute atomic E-state index is 12.4. The molecule has 0 bridgehead atoms. The molecule has 0 unspecified atom stereocenters. The maximum Gasteiger partial charge on any atom is 0.317 e. The van der Waals surface area contributed by atoms with Gasteiger partial charge in [-0.1, -0.05) is 36.4 Å². The molecule has 0 spiro atoms. The van der Waals surface area contributed by atoms with Crippen molar-refractivity contribution in [1.82, 2.24) is 0 Å². The lowest BCUT2D eigenvalue weighted by molar-refractivity contribution is -0.384. The van der Waals surface area contributed by atoms with Crippen molar-refractivity contribution in [3.8, 4) is 0 Å². The summed E-state index contributed by atoms with van der Waals surface area (Å²) in [4.78, 5) is 35.0. The smallest absolute Gasteiger partial charge is 0.317 e. The highest BCUT2D eigenvalue weighted by atomic mass is 16.6. The average molecular weight is 354 g/mol. The molecule has 0 aliphatic heterocycles. The maximum atomic E-state index is 12.4. The van der Waals surface area contributed by atoms with Crippen LogP contribution in [0.4, 0.5) is 11.4 Å². The van der Waals surface area contributed by atoms with Crippen LogP contribution in [0.1, 0.15) is 24.0 Å². The number of rotatable bonds is 6. The molecule has 1 aliphatic rings. The molecular weight excluding hydrogens is 336 g/mol. The number of hydrogen-bond donors (Lipinski definition) is 1. The van der Waals surface area contributed by atoms with Crippen LogP contribution in [0.3, 0.4) is 0 Å². The van der Waals surface area contributed by atoms with E-state index in [4.69, 9.17) is 4.74 Å². The number of anilines is 1. The molecule has 0 aromatic heterocycles. The van der Waals surface area contributed by atoms with Gasteiger partial charge < -0.3 is 10.1 Å². The second-order valence-corrected chi connectivity index (χ2v) is 6.35. The van der Waals surface area contributed by atoms with Crippen LogP contribution in [0.5, 0.6) is 0 Å². The van der Waals surface area contributed by atoms with E-state index in [2.05, 4.69) is 5.32 Å². The Labute approximate surface area is 150 Å². The third-order valence-corrected chi connectivity index (χ3v) is 4.43. The van der Waals surface area contributed by atoms with Gasteiger partial charge in [0.15, 0.2) is 6.61 Å². The van der Waals surface area contributed by atoms with Crippen molar-refractivity contribution in [3.63, 3.8) is 0 Å². The Bertz CT molecular complexity index is 859. The highest BCUT2D eigenvalue weighted by Crippen LogP contribution is 2.49. The lowest BCUT2D eigenvalue weighted by Gasteiger charge is -2.14. The summed E-state index contributed by atoms with van der Waals surface area (Å²) in [5, 5.41) is 13.5. The van der Waals surface area contributed by atoms with Crippen LogP contribution in [0, 0.1) is 17.0 Å². The summed E-state index contributed by atoms with van der Waals surface area (Å²) in [6.45, 7) is 1.23. The monoisotopic (exact) mass is 354 g/mol. The number of esters is 1. The predicted molar refractivity (Wildman–Crippen MR) is 94.8 cm³/mol. The largest absolute Gasteiger partial charge is 0.455 e. The Morgan fingerprint density at radius 3 is 2.50 bits per heavy atom. The van der Waals surface area contributed by atoms with Crippen molar-refractivity contribution in [2.45, 2.75) is 25.2 Å². The second-order valence-electron chi connectivity index (χ2n) is 6.35. The first-order chi connectivity index (χ1) is 12.4. The Kier molecular flexibility index (Phi) is 4.71. The van der Waals surface area contributed by atoms with Crippen molar-refractivity contribution >= 4 is 23.3 Å². The number of nitrogens with one attached hydrogen (secondary N) is 1. The summed E-state index contributed by atoms with van der Waals surface area (Å²) < 4.78 is 5.16. The lowest BCUT2D eigenvalue weighted by Crippen LogP contribution is -2.28. The quantitative estimate of drug-likeness (QED) is 0.488. The van der Waals surface area contributed by atoms with E-state index in [-0.39, 0.29) is 11.4 Å². The molecule has 7 nitrogen and oxygen atoms in total. The predicted octanol–water partition coefficient (Wildman–Crippen LogP) is 3.12. The zero-order chi connectivity index (χ0) is 18.7. The first-order valence-electron chi connectivity index (χ1n) is 8.20. The van der Waals surface area contributed by atoms with E-state index in [1.165, 1.54) is 12.1 Å². The van der Waals surface area contributed by atoms with Crippen molar-refractivity contribution in [3.05, 3.63) is 69.8 Å². The lowest BCUT2D eigenvalue weighted by atomic mass is 9.96. The van der Waals surface area contributed by atoms with Crippen molar-refractivity contribution in [2.24, 2.45) is 0 Å². The zero-order valence-corrected chi connectivity index (χ0v) is 14.2. The first-order valence-corrected chi connectivity index (χ1v) is 8.20. The number of hydrogen-bond acceptors (Lipinski definition) is 5. The van der Waals surface area contributed by atoms with Gasteiger partial charge in [-0.3, -0.25) is 19.7 Å². The van der Waals surface area contributed by atoms with E-state index >= 15 is 0 Å². The minimum Gasteiger partial charge on any atom is -0.455 e. The van der Waals surface area contributed by atoms with E-state index in [0.717, 1.165) is 5.56 Å². The summed E-state index contributed by atoms with van der Waals surface area (Å²) in [5.41, 5.74) is 0.787. The molecule has 0 radical (unpaired) electrons. The average Bonchev–Trinajstić information content (AvgIpc) is 3.44. The molecule has 7 heteroatoms. The summed E-state index contributed by atoms with van der Waals surface area (Å²) in [5.74, 6) is -1.06. The molecule has 0 saturated heterocycles. The van der Waals surface area contributed by atoms with Gasteiger partial charge in [0.05, 0.1) is 10.3 Å². The SMILES string of the molecule is Cc1ccc(NC(=O)COC(=O)C2(c3ccccc3)CC2)c([N+](=O)[O-])c1. The Morgan fingerprint density at radius 2 is 1.88 bits per heavy atom. The third-order valence-electron chi connectivity index (χ3n) is 4.43. The molecule has 1 aliphatic carbocycles. The van der Waals surface area contributed by atoms with Crippen LogP contribution < -0.4 is 5.32 Å². The Balaban J connectivity index is 1.62. The molecule has 1 amide bonds. The number of benzene rings is 2. The molecule has 1 saturated carbocycles. The van der Waals surface area contributed by atoms with E-state index in [0.29, 0.717) is 18.4 Å². The van der Waals surface area contributed by atoms with Gasteiger partial charge in [-0.05, 0) is 37.0 Å². The first kappa shape index (κ1) is 17.6. The Morgan fingerprint density at radius 1 is 1.19 bits per heavy atom. The minimum absolute atomic E-state index is 0.0749. The number of nitro benzene ring substituents is 1. The van der Waals surface area contributed by atoms with Crippen molar-refractivity contribution in [1.29, 1.82) is 0 Å². The van der Waals surface area contributed by atoms with Crippen molar-refractivity contribution < 1.29 is 19.2 Å². The summed E-state index contributed by atoms with van der Waals surface area (Å²) in [6.07, 6.45) is 1.36. The number of carbonyl (C=O) groups is 2. The van der Waals surface area contributed by atoms with Gasteiger partial charge in [0, 0.05) is 6.07 Å². The highest BCUT2D eigenvalue weighted by Gasteiger charge is 2.52. The molecule has 26 heavy (non-hydrogen) atoms. The van der Waals surface area contributed by atoms with Gasteiger partial charge in [0.25, 0.3) is 11.6 Å². The molecule has 1 fully saturated rings. The molecule has 0 atom stereocenters. The fourth-order valence-corrected chi connectivity index (χ4v) is 2.85. The normalized spacial score (nSPS) is 14.3. The van der Waals surface area contributed by atoms with Crippen molar-refractivity contribution in [2.75, 3.05) is 11.9 Å². The summed E-state index contributed by atoms with van der Waals surface area (Å²) >= 11 is 0. The van der Waals surface area contributed by atoms with Gasteiger partial charge >= 0.3 is 5.97 Å². The highest BCUT2D eigenvalue weighted by molar-refractivity contribution is 5.96. The number of aryl methyl sites for hydroxylation is 1. The molecular formula is C19H18N2O5. The minimum atomic E-state index is -0.669. The van der Waals surface area contributed by atoms with E-state index in [1.54, 1.807) is 13.0 Å². The van der Waals surface area contributed by atoms with Crippen LogP contribution >= 0.6 is 0 Å². The van der Waals surface area contributed by atoms with E-state index < -0.39 is 28.8 Å². The number of nitro groups is 1. The van der Waals surface area contributed by atoms with E-state index in [1.807, 2.05) is 30.3 Å². The molecule has 0 heterocycles. The summed E-state index contributed by atoms with van der Waals surface area (Å²) in [7, 11) is 0. The van der Waals surface area contributed by atoms with Gasteiger partial charge in [-0.2, -0.15) is 0 Å². The molecule has 2 aromatic carbocycles. The third kappa shape index (κ3) is 3.56. The number of nitrogens with zero attached hydrogens (tertiary/aromatic N) is 1. The van der Waals surface area contributed by atoms with Crippen LogP contribution in [-0.2, 0) is 19.7 Å². The fraction of sp³-hybridized carbons (Fsp3) is 0.263. The molecule has 3 rings (SSSR count). The number of ether oxygens (including phenoxy) is 1. The zero-order valence-electron chi connectivity index (χ0n) is 14.2.